The Balaban J connectivity index is 2.20. The Labute approximate surface area is 73.3 Å². The van der Waals surface area contributed by atoms with Crippen LogP contribution in [0.5, 0.6) is 0 Å². The van der Waals surface area contributed by atoms with E-state index in [0.29, 0.717) is 0 Å². The van der Waals surface area contributed by atoms with Crippen molar-refractivity contribution in [1.82, 2.24) is 10.3 Å². The lowest BCUT2D eigenvalue weighted by atomic mass is 10.3. The molecule has 0 aliphatic heterocycles. The fourth-order valence-corrected chi connectivity index (χ4v) is 0.940. The molecule has 0 atom stereocenters. The van der Waals surface area contributed by atoms with Gasteiger partial charge in [-0.25, -0.2) is 0 Å². The number of nitrogens with zero attached hydrogens (tertiary/aromatic N) is 1. The van der Waals surface area contributed by atoms with Crippen LogP contribution in [0.3, 0.4) is 0 Å². The van der Waals surface area contributed by atoms with Gasteiger partial charge in [-0.15, -0.1) is 6.58 Å². The van der Waals surface area contributed by atoms with E-state index in [9.17, 15) is 0 Å². The molecule has 0 unspecified atom stereocenters. The summed E-state index contributed by atoms with van der Waals surface area (Å²) >= 11 is 0. The molecule has 0 aliphatic rings. The fraction of sp³-hybridized carbons (Fsp3) is 0.300. The molecule has 0 amide bonds. The second-order valence-electron chi connectivity index (χ2n) is 2.62. The maximum absolute atomic E-state index is 4.02. The van der Waals surface area contributed by atoms with E-state index in [4.69, 9.17) is 0 Å². The first-order valence-electron chi connectivity index (χ1n) is 4.14. The number of hydrogen-bond acceptors (Lipinski definition) is 2. The number of pyridine rings is 1. The topological polar surface area (TPSA) is 24.9 Å². The van der Waals surface area contributed by atoms with Crippen LogP contribution in [0.2, 0.25) is 0 Å². The molecule has 1 aromatic heterocycles. The molecule has 0 aliphatic carbocycles. The zero-order valence-corrected chi connectivity index (χ0v) is 7.16. The maximum Gasteiger partial charge on any atom is 0.0312 e. The lowest BCUT2D eigenvalue weighted by Crippen LogP contribution is -2.13. The highest BCUT2D eigenvalue weighted by Crippen LogP contribution is 1.93. The van der Waals surface area contributed by atoms with Gasteiger partial charge in [0.25, 0.3) is 0 Å². The van der Waals surface area contributed by atoms with Crippen LogP contribution in [0, 0.1) is 0 Å². The highest BCUT2D eigenvalue weighted by Gasteiger charge is 1.88. The van der Waals surface area contributed by atoms with Crippen molar-refractivity contribution in [2.75, 3.05) is 6.54 Å². The van der Waals surface area contributed by atoms with Crippen molar-refractivity contribution >= 4 is 0 Å². The Morgan fingerprint density at radius 1 is 1.58 bits per heavy atom. The average molecular weight is 162 g/mol. The van der Waals surface area contributed by atoms with Crippen molar-refractivity contribution in [1.29, 1.82) is 0 Å². The Morgan fingerprint density at radius 3 is 3.17 bits per heavy atom. The predicted molar refractivity (Wildman–Crippen MR) is 50.8 cm³/mol. The van der Waals surface area contributed by atoms with E-state index in [-0.39, 0.29) is 0 Å². The summed E-state index contributed by atoms with van der Waals surface area (Å²) in [5, 5.41) is 3.29. The largest absolute Gasteiger partial charge is 0.312 e. The van der Waals surface area contributed by atoms with Crippen molar-refractivity contribution in [3.05, 3.63) is 42.7 Å². The molecular formula is C10H14N2. The van der Waals surface area contributed by atoms with E-state index in [1.54, 1.807) is 6.20 Å². The predicted octanol–water partition coefficient (Wildman–Crippen LogP) is 1.75. The highest BCUT2D eigenvalue weighted by atomic mass is 14.8. The van der Waals surface area contributed by atoms with Crippen LogP contribution in [-0.4, -0.2) is 11.5 Å². The highest BCUT2D eigenvalue weighted by molar-refractivity contribution is 5.07. The molecule has 1 heterocycles. The number of nitrogens with one attached hydrogen (secondary N) is 1. The average Bonchev–Trinajstić information content (AvgIpc) is 2.14. The van der Waals surface area contributed by atoms with Crippen molar-refractivity contribution < 1.29 is 0 Å². The minimum Gasteiger partial charge on any atom is -0.312 e. The van der Waals surface area contributed by atoms with Crippen molar-refractivity contribution in [3.63, 3.8) is 0 Å². The van der Waals surface area contributed by atoms with Gasteiger partial charge in [-0.2, -0.15) is 0 Å². The molecule has 12 heavy (non-hydrogen) atoms. The molecule has 0 aromatic carbocycles. The van der Waals surface area contributed by atoms with E-state index in [1.807, 2.05) is 18.3 Å². The molecule has 2 heteroatoms. The van der Waals surface area contributed by atoms with Gasteiger partial charge < -0.3 is 5.32 Å². The summed E-state index contributed by atoms with van der Waals surface area (Å²) < 4.78 is 0. The molecule has 1 rings (SSSR count). The monoisotopic (exact) mass is 162 g/mol. The number of hydrogen-bond donors (Lipinski definition) is 1. The van der Waals surface area contributed by atoms with Gasteiger partial charge in [0, 0.05) is 18.9 Å². The van der Waals surface area contributed by atoms with Crippen molar-refractivity contribution in [3.8, 4) is 0 Å². The number of rotatable bonds is 5. The molecular weight excluding hydrogens is 148 g/mol. The zero-order valence-electron chi connectivity index (χ0n) is 7.16. The Hall–Kier alpha value is -1.15. The van der Waals surface area contributed by atoms with Crippen LogP contribution in [-0.2, 0) is 6.54 Å². The molecule has 0 saturated carbocycles. The summed E-state index contributed by atoms with van der Waals surface area (Å²) in [6, 6.07) is 4.01. The van der Waals surface area contributed by atoms with Gasteiger partial charge in [0.2, 0.25) is 0 Å². The number of aromatic nitrogens is 1. The second-order valence-corrected chi connectivity index (χ2v) is 2.62. The van der Waals surface area contributed by atoms with E-state index in [0.717, 1.165) is 19.5 Å². The van der Waals surface area contributed by atoms with Gasteiger partial charge in [-0.3, -0.25) is 4.98 Å². The van der Waals surface area contributed by atoms with Crippen LogP contribution in [0.4, 0.5) is 0 Å². The molecule has 2 nitrogen and oxygen atoms in total. The molecule has 1 aromatic rings. The van der Waals surface area contributed by atoms with Gasteiger partial charge in [0.15, 0.2) is 0 Å². The van der Waals surface area contributed by atoms with Crippen LogP contribution < -0.4 is 5.32 Å². The first kappa shape index (κ1) is 8.94. The SMILES string of the molecule is C=CCCNCc1cccnc1. The lowest BCUT2D eigenvalue weighted by molar-refractivity contribution is 0.694. The molecule has 1 N–H and O–H groups in total. The molecule has 0 fully saturated rings. The third kappa shape index (κ3) is 3.30. The van der Waals surface area contributed by atoms with Gasteiger partial charge in [-0.05, 0) is 24.6 Å². The van der Waals surface area contributed by atoms with E-state index in [2.05, 4.69) is 22.9 Å². The summed E-state index contributed by atoms with van der Waals surface area (Å²) in [5.41, 5.74) is 1.22. The summed E-state index contributed by atoms with van der Waals surface area (Å²) in [7, 11) is 0. The minimum atomic E-state index is 0.891. The van der Waals surface area contributed by atoms with Gasteiger partial charge in [-0.1, -0.05) is 12.1 Å². The minimum absolute atomic E-state index is 0.891. The standard InChI is InChI=1S/C10H14N2/c1-2-3-6-11-8-10-5-4-7-12-9-10/h2,4-5,7,9,11H,1,3,6,8H2. The second kappa shape index (κ2) is 5.49. The summed E-state index contributed by atoms with van der Waals surface area (Å²) in [4.78, 5) is 4.02. The molecule has 0 bridgehead atoms. The maximum atomic E-state index is 4.02. The van der Waals surface area contributed by atoms with Crippen LogP contribution >= 0.6 is 0 Å². The van der Waals surface area contributed by atoms with Gasteiger partial charge in [0.05, 0.1) is 0 Å². The van der Waals surface area contributed by atoms with Gasteiger partial charge in [0.1, 0.15) is 0 Å². The molecule has 0 radical (unpaired) electrons. The third-order valence-electron chi connectivity index (χ3n) is 1.58. The summed E-state index contributed by atoms with van der Waals surface area (Å²) in [6.07, 6.45) is 6.59. The van der Waals surface area contributed by atoms with E-state index < -0.39 is 0 Å². The van der Waals surface area contributed by atoms with Crippen molar-refractivity contribution in [2.24, 2.45) is 0 Å². The van der Waals surface area contributed by atoms with Crippen LogP contribution in [0.15, 0.2) is 37.2 Å². The summed E-state index contributed by atoms with van der Waals surface area (Å²) in [5.74, 6) is 0. The molecule has 0 saturated heterocycles. The Bertz CT molecular complexity index is 219. The summed E-state index contributed by atoms with van der Waals surface area (Å²) in [6.45, 7) is 5.53. The van der Waals surface area contributed by atoms with Crippen LogP contribution in [0.25, 0.3) is 0 Å². The van der Waals surface area contributed by atoms with Crippen molar-refractivity contribution in [2.45, 2.75) is 13.0 Å². The Kier molecular flexibility index (Phi) is 4.09. The molecule has 0 spiro atoms. The molecule has 64 valence electrons. The first-order valence-corrected chi connectivity index (χ1v) is 4.14. The fourth-order valence-electron chi connectivity index (χ4n) is 0.940. The zero-order chi connectivity index (χ0) is 8.65. The first-order chi connectivity index (χ1) is 5.93. The smallest absolute Gasteiger partial charge is 0.0312 e. The van der Waals surface area contributed by atoms with E-state index in [1.165, 1.54) is 5.56 Å². The van der Waals surface area contributed by atoms with E-state index >= 15 is 0 Å². The Morgan fingerprint density at radius 2 is 2.50 bits per heavy atom. The van der Waals surface area contributed by atoms with Gasteiger partial charge >= 0.3 is 0 Å². The normalized spacial score (nSPS) is 9.67. The van der Waals surface area contributed by atoms with Crippen LogP contribution in [0.1, 0.15) is 12.0 Å². The lowest BCUT2D eigenvalue weighted by Gasteiger charge is -2.01. The third-order valence-corrected chi connectivity index (χ3v) is 1.58. The quantitative estimate of drug-likeness (QED) is 0.527.